The summed E-state index contributed by atoms with van der Waals surface area (Å²) in [5, 5.41) is 4.47. The molecular formula is C44H27NO2. The molecule has 0 fully saturated rings. The summed E-state index contributed by atoms with van der Waals surface area (Å²) in [7, 11) is 0. The summed E-state index contributed by atoms with van der Waals surface area (Å²) in [6, 6.07) is 57.6. The number of fused-ring (bicyclic) bond motifs is 8. The van der Waals surface area contributed by atoms with Gasteiger partial charge in [-0.05, 0) is 70.3 Å². The van der Waals surface area contributed by atoms with Crippen molar-refractivity contribution in [2.24, 2.45) is 0 Å². The second-order valence-electron chi connectivity index (χ2n) is 12.1. The zero-order valence-electron chi connectivity index (χ0n) is 25.4. The van der Waals surface area contributed by atoms with Crippen molar-refractivity contribution < 1.29 is 8.83 Å². The van der Waals surface area contributed by atoms with E-state index in [4.69, 9.17) is 8.83 Å². The molecule has 7 aromatic carbocycles. The van der Waals surface area contributed by atoms with Gasteiger partial charge in [-0.3, -0.25) is 0 Å². The van der Waals surface area contributed by atoms with Crippen LogP contribution in [0.1, 0.15) is 0 Å². The van der Waals surface area contributed by atoms with E-state index in [2.05, 4.69) is 162 Å². The number of hydrogen-bond donors (Lipinski definition) is 0. The van der Waals surface area contributed by atoms with Gasteiger partial charge in [0.1, 0.15) is 22.3 Å². The number of benzene rings is 7. The Bertz CT molecular complexity index is 2780. The molecule has 3 nitrogen and oxygen atoms in total. The van der Waals surface area contributed by atoms with E-state index in [1.165, 1.54) is 0 Å². The Morgan fingerprint density at radius 2 is 0.936 bits per heavy atom. The third-order valence-electron chi connectivity index (χ3n) is 9.41. The topological polar surface area (TPSA) is 31.2 Å². The molecule has 0 atom stereocenters. The molecule has 10 aromatic rings. The van der Waals surface area contributed by atoms with Crippen molar-refractivity contribution in [2.75, 3.05) is 0 Å². The molecule has 0 N–H and O–H groups in total. The first-order chi connectivity index (χ1) is 23.3. The summed E-state index contributed by atoms with van der Waals surface area (Å²) in [5.41, 5.74) is 13.7. The van der Waals surface area contributed by atoms with Gasteiger partial charge < -0.3 is 13.4 Å². The van der Waals surface area contributed by atoms with Crippen LogP contribution in [0.2, 0.25) is 0 Å². The normalized spacial score (nSPS) is 11.8. The van der Waals surface area contributed by atoms with Crippen molar-refractivity contribution >= 4 is 54.9 Å². The van der Waals surface area contributed by atoms with E-state index in [0.29, 0.717) is 0 Å². The van der Waals surface area contributed by atoms with Crippen LogP contribution in [0.15, 0.2) is 173 Å². The quantitative estimate of drug-likeness (QED) is 0.201. The molecule has 0 saturated carbocycles. The highest BCUT2D eigenvalue weighted by atomic mass is 16.3. The minimum Gasteiger partial charge on any atom is -0.455 e. The Labute approximate surface area is 270 Å². The summed E-state index contributed by atoms with van der Waals surface area (Å²) in [5.74, 6) is 0. The van der Waals surface area contributed by atoms with Crippen LogP contribution in [-0.2, 0) is 0 Å². The molecule has 0 spiro atoms. The number of aromatic nitrogens is 1. The van der Waals surface area contributed by atoms with Gasteiger partial charge in [0.15, 0.2) is 5.58 Å². The Morgan fingerprint density at radius 1 is 0.383 bits per heavy atom. The smallest absolute Gasteiger partial charge is 0.161 e. The SMILES string of the molecule is c1ccc(-c2cccc3c2oc2cccc(-c4cccc(-c5cccc6oc7c8ccccc8n(-c8ccccc8)c7c56)c4)c23)cc1. The van der Waals surface area contributed by atoms with Crippen LogP contribution in [-0.4, -0.2) is 4.57 Å². The summed E-state index contributed by atoms with van der Waals surface area (Å²) in [6.07, 6.45) is 0. The van der Waals surface area contributed by atoms with Crippen molar-refractivity contribution in [3.63, 3.8) is 0 Å². The highest BCUT2D eigenvalue weighted by Gasteiger charge is 2.22. The summed E-state index contributed by atoms with van der Waals surface area (Å²) in [4.78, 5) is 0. The van der Waals surface area contributed by atoms with Crippen molar-refractivity contribution in [3.8, 4) is 39.1 Å². The molecular weight excluding hydrogens is 574 g/mol. The molecule has 0 amide bonds. The Balaban J connectivity index is 1.21. The predicted octanol–water partition coefficient (Wildman–Crippen LogP) is 12.4. The van der Waals surface area contributed by atoms with E-state index in [9.17, 15) is 0 Å². The standard InChI is InChI=1S/C44H27NO2/c1-3-13-28(14-4-1)34-22-10-23-36-40-32(20-11-25-38(40)46-43(34)36)29-15-9-16-30(27-29)33-21-12-26-39-41(33)42-44(47-39)35-19-7-8-24-37(35)45(42)31-17-5-2-6-18-31/h1-27H. The molecule has 47 heavy (non-hydrogen) atoms. The fraction of sp³-hybridized carbons (Fsp3) is 0. The second-order valence-corrected chi connectivity index (χ2v) is 12.1. The lowest BCUT2D eigenvalue weighted by Gasteiger charge is -2.11. The molecule has 0 bridgehead atoms. The molecule has 3 heteroatoms. The van der Waals surface area contributed by atoms with Crippen molar-refractivity contribution in [1.82, 2.24) is 4.57 Å². The van der Waals surface area contributed by atoms with Crippen LogP contribution in [0.4, 0.5) is 0 Å². The second kappa shape index (κ2) is 10.1. The van der Waals surface area contributed by atoms with E-state index < -0.39 is 0 Å². The Morgan fingerprint density at radius 3 is 1.72 bits per heavy atom. The third-order valence-corrected chi connectivity index (χ3v) is 9.41. The monoisotopic (exact) mass is 601 g/mol. The van der Waals surface area contributed by atoms with E-state index in [-0.39, 0.29) is 0 Å². The lowest BCUT2D eigenvalue weighted by molar-refractivity contribution is 0.670. The molecule has 10 rings (SSSR count). The van der Waals surface area contributed by atoms with Gasteiger partial charge in [0.2, 0.25) is 0 Å². The van der Waals surface area contributed by atoms with Crippen LogP contribution in [0, 0.1) is 0 Å². The lowest BCUT2D eigenvalue weighted by atomic mass is 9.94. The highest BCUT2D eigenvalue weighted by molar-refractivity contribution is 6.20. The summed E-state index contributed by atoms with van der Waals surface area (Å²) < 4.78 is 15.6. The van der Waals surface area contributed by atoms with E-state index >= 15 is 0 Å². The first-order valence-electron chi connectivity index (χ1n) is 15.9. The van der Waals surface area contributed by atoms with Crippen LogP contribution in [0.5, 0.6) is 0 Å². The fourth-order valence-corrected chi connectivity index (χ4v) is 7.38. The van der Waals surface area contributed by atoms with Crippen molar-refractivity contribution in [3.05, 3.63) is 164 Å². The molecule has 220 valence electrons. The zero-order valence-corrected chi connectivity index (χ0v) is 25.4. The Kier molecular flexibility index (Phi) is 5.57. The molecule has 0 aliphatic heterocycles. The first-order valence-corrected chi connectivity index (χ1v) is 15.9. The van der Waals surface area contributed by atoms with Crippen LogP contribution in [0.25, 0.3) is 94.0 Å². The van der Waals surface area contributed by atoms with Crippen LogP contribution < -0.4 is 0 Å². The minimum atomic E-state index is 0.879. The van der Waals surface area contributed by atoms with E-state index in [1.807, 2.05) is 6.07 Å². The van der Waals surface area contributed by atoms with Gasteiger partial charge in [-0.15, -0.1) is 0 Å². The number of para-hydroxylation sites is 3. The van der Waals surface area contributed by atoms with Gasteiger partial charge in [-0.1, -0.05) is 121 Å². The average molecular weight is 602 g/mol. The molecule has 0 saturated heterocycles. The van der Waals surface area contributed by atoms with Crippen molar-refractivity contribution in [1.29, 1.82) is 0 Å². The number of nitrogens with zero attached hydrogens (tertiary/aromatic N) is 1. The van der Waals surface area contributed by atoms with Gasteiger partial charge >= 0.3 is 0 Å². The van der Waals surface area contributed by atoms with Crippen LogP contribution >= 0.6 is 0 Å². The minimum absolute atomic E-state index is 0.879. The van der Waals surface area contributed by atoms with E-state index in [1.54, 1.807) is 0 Å². The van der Waals surface area contributed by atoms with Gasteiger partial charge in [0, 0.05) is 27.4 Å². The first kappa shape index (κ1) is 26.0. The number of hydrogen-bond acceptors (Lipinski definition) is 2. The van der Waals surface area contributed by atoms with Gasteiger partial charge in [-0.2, -0.15) is 0 Å². The number of rotatable bonds is 4. The summed E-state index contributed by atoms with van der Waals surface area (Å²) in [6.45, 7) is 0. The Hall–Kier alpha value is -6.32. The molecule has 0 unspecified atom stereocenters. The molecule has 0 aliphatic carbocycles. The van der Waals surface area contributed by atoms with Crippen molar-refractivity contribution in [2.45, 2.75) is 0 Å². The fourth-order valence-electron chi connectivity index (χ4n) is 7.38. The summed E-state index contributed by atoms with van der Waals surface area (Å²) >= 11 is 0. The molecule has 0 aliphatic rings. The third kappa shape index (κ3) is 3.87. The number of furan rings is 2. The molecule has 3 heterocycles. The maximum absolute atomic E-state index is 6.65. The highest BCUT2D eigenvalue weighted by Crippen LogP contribution is 2.44. The van der Waals surface area contributed by atoms with Gasteiger partial charge in [0.05, 0.1) is 10.9 Å². The van der Waals surface area contributed by atoms with E-state index in [0.717, 1.165) is 94.0 Å². The predicted molar refractivity (Wildman–Crippen MR) is 194 cm³/mol. The molecule has 3 aromatic heterocycles. The van der Waals surface area contributed by atoms with Crippen LogP contribution in [0.3, 0.4) is 0 Å². The lowest BCUT2D eigenvalue weighted by Crippen LogP contribution is -1.93. The van der Waals surface area contributed by atoms with Gasteiger partial charge in [0.25, 0.3) is 0 Å². The maximum atomic E-state index is 6.65. The maximum Gasteiger partial charge on any atom is 0.161 e. The van der Waals surface area contributed by atoms with Gasteiger partial charge in [-0.25, -0.2) is 0 Å². The average Bonchev–Trinajstić information content (AvgIpc) is 3.81. The largest absolute Gasteiger partial charge is 0.455 e. The molecule has 0 radical (unpaired) electrons. The zero-order chi connectivity index (χ0) is 30.9.